The van der Waals surface area contributed by atoms with Crippen LogP contribution in [0.25, 0.3) is 0 Å². The van der Waals surface area contributed by atoms with E-state index in [2.05, 4.69) is 60.8 Å². The average molecular weight is 283 g/mol. The van der Waals surface area contributed by atoms with E-state index in [0.29, 0.717) is 6.04 Å². The van der Waals surface area contributed by atoms with Crippen LogP contribution in [0.4, 0.5) is 0 Å². The molecule has 0 aliphatic rings. The Morgan fingerprint density at radius 1 is 1.10 bits per heavy atom. The highest BCUT2D eigenvalue weighted by Gasteiger charge is 2.14. The third kappa shape index (κ3) is 4.33. The van der Waals surface area contributed by atoms with Crippen LogP contribution in [-0.2, 0) is 6.42 Å². The largest absolute Gasteiger partial charge is 0.496 e. The molecule has 112 valence electrons. The molecule has 1 atom stereocenters. The van der Waals surface area contributed by atoms with Gasteiger partial charge in [-0.15, -0.1) is 0 Å². The second-order valence-electron chi connectivity index (χ2n) is 5.46. The van der Waals surface area contributed by atoms with Crippen molar-refractivity contribution in [1.29, 1.82) is 0 Å². The maximum absolute atomic E-state index is 5.53. The molecule has 2 heteroatoms. The quantitative estimate of drug-likeness (QED) is 0.818. The fourth-order valence-corrected chi connectivity index (χ4v) is 2.72. The zero-order chi connectivity index (χ0) is 15.1. The normalized spacial score (nSPS) is 12.1. The summed E-state index contributed by atoms with van der Waals surface area (Å²) in [5, 5.41) is 3.42. The lowest BCUT2D eigenvalue weighted by atomic mass is 9.97. The first-order valence-electron chi connectivity index (χ1n) is 7.60. The smallest absolute Gasteiger partial charge is 0.123 e. The van der Waals surface area contributed by atoms with Crippen LogP contribution in [0.3, 0.4) is 0 Å². The molecule has 1 N–H and O–H groups in total. The minimum atomic E-state index is 0.337. The molecular weight excluding hydrogens is 258 g/mol. The van der Waals surface area contributed by atoms with Crippen molar-refractivity contribution in [3.63, 3.8) is 0 Å². The summed E-state index contributed by atoms with van der Waals surface area (Å²) in [5.41, 5.74) is 3.89. The van der Waals surface area contributed by atoms with Crippen LogP contribution in [0.5, 0.6) is 5.75 Å². The molecule has 0 aliphatic carbocycles. The first-order valence-corrected chi connectivity index (χ1v) is 7.60. The second-order valence-corrected chi connectivity index (χ2v) is 5.46. The Hall–Kier alpha value is -1.80. The fourth-order valence-electron chi connectivity index (χ4n) is 2.72. The molecule has 0 spiro atoms. The number of hydrogen-bond donors (Lipinski definition) is 1. The first-order chi connectivity index (χ1) is 10.2. The highest BCUT2D eigenvalue weighted by molar-refractivity contribution is 5.39. The Bertz CT molecular complexity index is 551. The molecule has 0 aliphatic heterocycles. The molecule has 0 saturated carbocycles. The maximum atomic E-state index is 5.53. The maximum Gasteiger partial charge on any atom is 0.123 e. The lowest BCUT2D eigenvalue weighted by Gasteiger charge is -2.20. The van der Waals surface area contributed by atoms with Crippen molar-refractivity contribution in [3.05, 3.63) is 65.2 Å². The van der Waals surface area contributed by atoms with Gasteiger partial charge < -0.3 is 10.1 Å². The van der Waals surface area contributed by atoms with Gasteiger partial charge in [0.15, 0.2) is 0 Å². The molecule has 0 bridgehead atoms. The van der Waals surface area contributed by atoms with Crippen molar-refractivity contribution in [1.82, 2.24) is 5.32 Å². The number of nitrogens with one attached hydrogen (secondary N) is 1. The highest BCUT2D eigenvalue weighted by Crippen LogP contribution is 2.29. The zero-order valence-corrected chi connectivity index (χ0v) is 13.2. The molecule has 1 unspecified atom stereocenters. The van der Waals surface area contributed by atoms with E-state index in [1.165, 1.54) is 16.7 Å². The first kappa shape index (κ1) is 15.6. The van der Waals surface area contributed by atoms with Crippen molar-refractivity contribution >= 4 is 0 Å². The molecule has 21 heavy (non-hydrogen) atoms. The topological polar surface area (TPSA) is 21.3 Å². The van der Waals surface area contributed by atoms with E-state index < -0.39 is 0 Å². The van der Waals surface area contributed by atoms with E-state index in [0.717, 1.165) is 25.0 Å². The fraction of sp³-hybridized carbons (Fsp3) is 0.368. The number of ether oxygens (including phenoxy) is 1. The van der Waals surface area contributed by atoms with Crippen LogP contribution in [-0.4, -0.2) is 14.2 Å². The summed E-state index contributed by atoms with van der Waals surface area (Å²) in [6, 6.07) is 17.4. The van der Waals surface area contributed by atoms with Crippen molar-refractivity contribution in [2.24, 2.45) is 0 Å². The Balaban J connectivity index is 2.00. The lowest BCUT2D eigenvalue weighted by Crippen LogP contribution is -2.17. The van der Waals surface area contributed by atoms with Gasteiger partial charge in [-0.25, -0.2) is 0 Å². The van der Waals surface area contributed by atoms with Gasteiger partial charge in [0.1, 0.15) is 5.75 Å². The van der Waals surface area contributed by atoms with Gasteiger partial charge >= 0.3 is 0 Å². The predicted octanol–water partition coefficient (Wildman–Crippen LogP) is 4.29. The molecule has 2 aromatic carbocycles. The molecular formula is C19H25NO. The minimum absolute atomic E-state index is 0.337. The van der Waals surface area contributed by atoms with Gasteiger partial charge in [-0.3, -0.25) is 0 Å². The summed E-state index contributed by atoms with van der Waals surface area (Å²) in [7, 11) is 3.77. The minimum Gasteiger partial charge on any atom is -0.496 e. The van der Waals surface area contributed by atoms with Crippen molar-refractivity contribution in [2.45, 2.75) is 32.2 Å². The van der Waals surface area contributed by atoms with Gasteiger partial charge in [0.2, 0.25) is 0 Å². The Labute approximate surface area is 128 Å². The van der Waals surface area contributed by atoms with Crippen LogP contribution in [0.15, 0.2) is 48.5 Å². The van der Waals surface area contributed by atoms with Crippen LogP contribution >= 0.6 is 0 Å². The third-order valence-electron chi connectivity index (χ3n) is 3.91. The SMILES string of the molecule is CNC(CCCc1ccccc1)c1ccc(C)cc1OC. The monoisotopic (exact) mass is 283 g/mol. The second kappa shape index (κ2) is 7.84. The van der Waals surface area contributed by atoms with Crippen molar-refractivity contribution in [3.8, 4) is 5.75 Å². The van der Waals surface area contributed by atoms with Gasteiger partial charge in [0.25, 0.3) is 0 Å². The van der Waals surface area contributed by atoms with E-state index in [-0.39, 0.29) is 0 Å². The van der Waals surface area contributed by atoms with Gasteiger partial charge in [0, 0.05) is 11.6 Å². The molecule has 0 heterocycles. The van der Waals surface area contributed by atoms with Gasteiger partial charge in [-0.1, -0.05) is 42.5 Å². The van der Waals surface area contributed by atoms with Crippen molar-refractivity contribution < 1.29 is 4.74 Å². The molecule has 2 aromatic rings. The molecule has 2 rings (SSSR count). The van der Waals surface area contributed by atoms with E-state index in [1.807, 2.05) is 7.05 Å². The summed E-state index contributed by atoms with van der Waals surface area (Å²) in [6.45, 7) is 2.09. The Kier molecular flexibility index (Phi) is 5.82. The van der Waals surface area contributed by atoms with Gasteiger partial charge in [-0.05, 0) is 50.4 Å². The summed E-state index contributed by atoms with van der Waals surface area (Å²) in [5.74, 6) is 0.981. The molecule has 0 radical (unpaired) electrons. The molecule has 0 amide bonds. The number of aryl methyl sites for hydroxylation is 2. The molecule has 0 aromatic heterocycles. The lowest BCUT2D eigenvalue weighted by molar-refractivity contribution is 0.397. The van der Waals surface area contributed by atoms with Crippen LogP contribution in [0, 0.1) is 6.92 Å². The van der Waals surface area contributed by atoms with E-state index in [9.17, 15) is 0 Å². The van der Waals surface area contributed by atoms with Gasteiger partial charge in [0.05, 0.1) is 7.11 Å². The van der Waals surface area contributed by atoms with Gasteiger partial charge in [-0.2, -0.15) is 0 Å². The molecule has 0 fully saturated rings. The Morgan fingerprint density at radius 2 is 1.86 bits per heavy atom. The molecule has 2 nitrogen and oxygen atoms in total. The molecule has 0 saturated heterocycles. The predicted molar refractivity (Wildman–Crippen MR) is 88.9 cm³/mol. The van der Waals surface area contributed by atoms with Crippen LogP contribution in [0.2, 0.25) is 0 Å². The van der Waals surface area contributed by atoms with Crippen LogP contribution < -0.4 is 10.1 Å². The summed E-state index contributed by atoms with van der Waals surface area (Å²) in [6.07, 6.45) is 3.38. The number of benzene rings is 2. The van der Waals surface area contributed by atoms with Crippen molar-refractivity contribution in [2.75, 3.05) is 14.2 Å². The number of rotatable bonds is 7. The van der Waals surface area contributed by atoms with E-state index >= 15 is 0 Å². The van der Waals surface area contributed by atoms with E-state index in [1.54, 1.807) is 7.11 Å². The standard InChI is InChI=1S/C19H25NO/c1-15-12-13-17(19(14-15)21-3)18(20-2)11-7-10-16-8-5-4-6-9-16/h4-6,8-9,12-14,18,20H,7,10-11H2,1-3H3. The number of methoxy groups -OCH3 is 1. The zero-order valence-electron chi connectivity index (χ0n) is 13.2. The van der Waals surface area contributed by atoms with E-state index in [4.69, 9.17) is 4.74 Å². The highest BCUT2D eigenvalue weighted by atomic mass is 16.5. The third-order valence-corrected chi connectivity index (χ3v) is 3.91. The summed E-state index contributed by atoms with van der Waals surface area (Å²) >= 11 is 0. The average Bonchev–Trinajstić information content (AvgIpc) is 2.53. The Morgan fingerprint density at radius 3 is 2.52 bits per heavy atom. The summed E-state index contributed by atoms with van der Waals surface area (Å²) in [4.78, 5) is 0. The number of hydrogen-bond acceptors (Lipinski definition) is 2. The summed E-state index contributed by atoms with van der Waals surface area (Å²) < 4.78 is 5.53. The van der Waals surface area contributed by atoms with Crippen LogP contribution in [0.1, 0.15) is 35.6 Å².